The van der Waals surface area contributed by atoms with E-state index in [0.717, 1.165) is 6.42 Å². The predicted octanol–water partition coefficient (Wildman–Crippen LogP) is 0.188. The van der Waals surface area contributed by atoms with Gasteiger partial charge in [-0.25, -0.2) is 17.5 Å². The summed E-state index contributed by atoms with van der Waals surface area (Å²) in [6.45, 7) is 2.83. The smallest absolute Gasteiger partial charge is 0.331 e. The number of unbranched alkanes of at least 4 members (excludes halogenated alkanes) is 1. The van der Waals surface area contributed by atoms with Gasteiger partial charge in [0.2, 0.25) is 15.9 Å². The molecule has 2 aliphatic heterocycles. The Kier molecular flexibility index (Phi) is 6.22. The summed E-state index contributed by atoms with van der Waals surface area (Å²) < 4.78 is 30.9. The van der Waals surface area contributed by atoms with E-state index < -0.39 is 21.5 Å². The highest BCUT2D eigenvalue weighted by molar-refractivity contribution is 7.89. The number of hydrogen-bond donors (Lipinski definition) is 2. The third-order valence-electron chi connectivity index (χ3n) is 4.77. The fraction of sp³-hybridized carbons (Fsp3) is 0.867. The van der Waals surface area contributed by atoms with Crippen molar-refractivity contribution in [2.45, 2.75) is 44.6 Å². The van der Waals surface area contributed by atoms with Crippen LogP contribution in [0.5, 0.6) is 0 Å². The number of piperidine rings is 1. The van der Waals surface area contributed by atoms with E-state index >= 15 is 0 Å². The van der Waals surface area contributed by atoms with Crippen LogP contribution in [0.4, 0.5) is 0 Å². The van der Waals surface area contributed by atoms with Gasteiger partial charge in [-0.2, -0.15) is 0 Å². The molecular formula is C15H26N2O6S. The van der Waals surface area contributed by atoms with Gasteiger partial charge in [0.25, 0.3) is 0 Å². The first kappa shape index (κ1) is 19.1. The lowest BCUT2D eigenvalue weighted by Gasteiger charge is -2.32. The summed E-state index contributed by atoms with van der Waals surface area (Å²) >= 11 is 0. The molecule has 0 aromatic carbocycles. The minimum atomic E-state index is -3.25. The quantitative estimate of drug-likeness (QED) is 0.668. The molecule has 1 unspecified atom stereocenters. The van der Waals surface area contributed by atoms with Crippen LogP contribution >= 0.6 is 0 Å². The lowest BCUT2D eigenvalue weighted by Crippen LogP contribution is -2.57. The maximum Gasteiger partial charge on any atom is 0.331 e. The van der Waals surface area contributed by atoms with Crippen molar-refractivity contribution in [1.82, 2.24) is 9.62 Å². The van der Waals surface area contributed by atoms with Crippen molar-refractivity contribution in [2.24, 2.45) is 5.92 Å². The Bertz CT molecular complexity index is 563. The minimum Gasteiger partial charge on any atom is -0.479 e. The first-order valence-corrected chi connectivity index (χ1v) is 10.0. The summed E-state index contributed by atoms with van der Waals surface area (Å²) in [7, 11) is -3.25. The van der Waals surface area contributed by atoms with Gasteiger partial charge in [-0.15, -0.1) is 0 Å². The summed E-state index contributed by atoms with van der Waals surface area (Å²) in [5, 5.41) is 12.0. The van der Waals surface area contributed by atoms with Gasteiger partial charge in [-0.3, -0.25) is 4.79 Å². The first-order chi connectivity index (χ1) is 11.3. The molecule has 9 heteroatoms. The average molecular weight is 362 g/mol. The molecule has 0 radical (unpaired) electrons. The fourth-order valence-corrected chi connectivity index (χ4v) is 4.75. The number of aliphatic carboxylic acids is 1. The van der Waals surface area contributed by atoms with Crippen LogP contribution in [0.1, 0.15) is 39.0 Å². The van der Waals surface area contributed by atoms with E-state index in [9.17, 15) is 23.1 Å². The first-order valence-electron chi connectivity index (χ1n) is 8.42. The van der Waals surface area contributed by atoms with E-state index in [4.69, 9.17) is 4.74 Å². The number of carbonyl (C=O) groups excluding carboxylic acids is 1. The zero-order valence-corrected chi connectivity index (χ0v) is 14.8. The van der Waals surface area contributed by atoms with Crippen LogP contribution in [-0.2, 0) is 24.3 Å². The Labute approximate surface area is 142 Å². The van der Waals surface area contributed by atoms with Crippen LogP contribution in [-0.4, -0.2) is 67.3 Å². The zero-order chi connectivity index (χ0) is 17.8. The van der Waals surface area contributed by atoms with E-state index in [1.807, 2.05) is 6.92 Å². The maximum absolute atomic E-state index is 12.4. The lowest BCUT2D eigenvalue weighted by atomic mass is 9.93. The SMILES string of the molecule is CCCCS(=O)(=O)N1CCC(C(=O)NC2(C(=O)O)CCOC2)CC1. The normalized spacial score (nSPS) is 26.4. The number of sulfonamides is 1. The number of nitrogens with zero attached hydrogens (tertiary/aromatic N) is 1. The van der Waals surface area contributed by atoms with E-state index in [1.165, 1.54) is 4.31 Å². The van der Waals surface area contributed by atoms with Crippen LogP contribution in [0.3, 0.4) is 0 Å². The van der Waals surface area contributed by atoms with Crippen molar-refractivity contribution in [1.29, 1.82) is 0 Å². The van der Waals surface area contributed by atoms with Crippen molar-refractivity contribution in [3.63, 3.8) is 0 Å². The van der Waals surface area contributed by atoms with Gasteiger partial charge in [-0.05, 0) is 19.3 Å². The van der Waals surface area contributed by atoms with Crippen LogP contribution in [0.25, 0.3) is 0 Å². The highest BCUT2D eigenvalue weighted by Gasteiger charge is 2.45. The zero-order valence-electron chi connectivity index (χ0n) is 14.0. The molecule has 0 aromatic heterocycles. The number of carboxylic acid groups (broad SMARTS) is 1. The van der Waals surface area contributed by atoms with Crippen molar-refractivity contribution in [2.75, 3.05) is 32.1 Å². The molecule has 8 nitrogen and oxygen atoms in total. The van der Waals surface area contributed by atoms with Gasteiger partial charge in [0.1, 0.15) is 0 Å². The predicted molar refractivity (Wildman–Crippen MR) is 86.9 cm³/mol. The Hall–Kier alpha value is -1.19. The van der Waals surface area contributed by atoms with E-state index in [-0.39, 0.29) is 30.6 Å². The Morgan fingerprint density at radius 3 is 2.50 bits per heavy atom. The number of hydrogen-bond acceptors (Lipinski definition) is 5. The van der Waals surface area contributed by atoms with Crippen molar-refractivity contribution < 1.29 is 27.9 Å². The van der Waals surface area contributed by atoms with Gasteiger partial charge in [0, 0.05) is 32.0 Å². The molecule has 0 aromatic rings. The van der Waals surface area contributed by atoms with Crippen LogP contribution in [0, 0.1) is 5.92 Å². The number of carbonyl (C=O) groups is 2. The van der Waals surface area contributed by atoms with Crippen molar-refractivity contribution in [3.05, 3.63) is 0 Å². The molecule has 2 heterocycles. The number of ether oxygens (including phenoxy) is 1. The summed E-state index contributed by atoms with van der Waals surface area (Å²) in [5.74, 6) is -1.64. The summed E-state index contributed by atoms with van der Waals surface area (Å²) in [4.78, 5) is 23.8. The molecule has 2 saturated heterocycles. The molecule has 0 spiro atoms. The number of amides is 1. The van der Waals surface area contributed by atoms with Gasteiger partial charge in [0.15, 0.2) is 5.54 Å². The molecule has 2 fully saturated rings. The molecule has 2 rings (SSSR count). The van der Waals surface area contributed by atoms with E-state index in [2.05, 4.69) is 5.32 Å². The molecule has 0 bridgehead atoms. The Morgan fingerprint density at radius 1 is 1.33 bits per heavy atom. The fourth-order valence-electron chi connectivity index (χ4n) is 3.08. The van der Waals surface area contributed by atoms with Gasteiger partial charge in [0.05, 0.1) is 12.4 Å². The van der Waals surface area contributed by atoms with Gasteiger partial charge >= 0.3 is 5.97 Å². The highest BCUT2D eigenvalue weighted by Crippen LogP contribution is 2.24. The van der Waals surface area contributed by atoms with Crippen molar-refractivity contribution in [3.8, 4) is 0 Å². The molecule has 0 aliphatic carbocycles. The number of carboxylic acids is 1. The van der Waals surface area contributed by atoms with E-state index in [0.29, 0.717) is 39.0 Å². The summed E-state index contributed by atoms with van der Waals surface area (Å²) in [6.07, 6.45) is 2.52. The Balaban J connectivity index is 1.90. The number of rotatable bonds is 7. The lowest BCUT2D eigenvalue weighted by molar-refractivity contribution is -0.148. The third-order valence-corrected chi connectivity index (χ3v) is 6.72. The van der Waals surface area contributed by atoms with Crippen LogP contribution in [0.2, 0.25) is 0 Å². The molecule has 1 atom stereocenters. The topological polar surface area (TPSA) is 113 Å². The van der Waals surface area contributed by atoms with Gasteiger partial charge in [-0.1, -0.05) is 13.3 Å². The van der Waals surface area contributed by atoms with Gasteiger partial charge < -0.3 is 15.2 Å². The molecule has 2 N–H and O–H groups in total. The molecule has 1 amide bonds. The molecule has 24 heavy (non-hydrogen) atoms. The van der Waals surface area contributed by atoms with Crippen molar-refractivity contribution >= 4 is 21.9 Å². The monoisotopic (exact) mass is 362 g/mol. The second-order valence-electron chi connectivity index (χ2n) is 6.52. The second kappa shape index (κ2) is 7.79. The molecular weight excluding hydrogens is 336 g/mol. The Morgan fingerprint density at radius 2 is 2.00 bits per heavy atom. The summed E-state index contributed by atoms with van der Waals surface area (Å²) in [6, 6.07) is 0. The second-order valence-corrected chi connectivity index (χ2v) is 8.61. The largest absolute Gasteiger partial charge is 0.479 e. The third kappa shape index (κ3) is 4.25. The summed E-state index contributed by atoms with van der Waals surface area (Å²) in [5.41, 5.74) is -1.35. The molecule has 2 aliphatic rings. The minimum absolute atomic E-state index is 0.0294. The highest BCUT2D eigenvalue weighted by atomic mass is 32.2. The molecule has 138 valence electrons. The number of nitrogens with one attached hydrogen (secondary N) is 1. The average Bonchev–Trinajstić information content (AvgIpc) is 3.03. The molecule has 0 saturated carbocycles. The van der Waals surface area contributed by atoms with E-state index in [1.54, 1.807) is 0 Å². The standard InChI is InChI=1S/C15H26N2O6S/c1-2-3-10-24(21,22)17-7-4-12(5-8-17)13(18)16-15(14(19)20)6-9-23-11-15/h12H,2-11H2,1H3,(H,16,18)(H,19,20). The van der Waals surface area contributed by atoms with Crippen LogP contribution in [0.15, 0.2) is 0 Å². The van der Waals surface area contributed by atoms with Crippen LogP contribution < -0.4 is 5.32 Å². The maximum atomic E-state index is 12.4.